The van der Waals surface area contributed by atoms with Crippen molar-refractivity contribution in [3.63, 3.8) is 0 Å². The van der Waals surface area contributed by atoms with Gasteiger partial charge >= 0.3 is 0 Å². The lowest BCUT2D eigenvalue weighted by molar-refractivity contribution is 0.0300. The summed E-state index contributed by atoms with van der Waals surface area (Å²) in [6.45, 7) is 2.18. The topological polar surface area (TPSA) is 84.9 Å². The van der Waals surface area contributed by atoms with E-state index in [-0.39, 0.29) is 24.0 Å². The van der Waals surface area contributed by atoms with Crippen LogP contribution < -0.4 is 9.46 Å². The highest BCUT2D eigenvalue weighted by Crippen LogP contribution is 2.25. The minimum atomic E-state index is -3.79. The Morgan fingerprint density at radius 2 is 1.90 bits per heavy atom. The highest BCUT2D eigenvalue weighted by atomic mass is 35.5. The lowest BCUT2D eigenvalue weighted by Gasteiger charge is -2.27. The molecule has 10 heteroatoms. The standard InChI is InChI=1S/C20H23ClN2O5S2/c1-29-19-7-6-17(14-18(19)20(24)23-9-12-27-13-10-23)30(25,26)22-8-11-28-16-4-2-15(21)3-5-16/h2-7,14,22H,8-13H2,1H3. The number of thioether (sulfide) groups is 1. The van der Waals surface area contributed by atoms with E-state index in [4.69, 9.17) is 21.1 Å². The molecule has 3 rings (SSSR count). The Balaban J connectivity index is 1.67. The molecule has 1 N–H and O–H groups in total. The molecule has 1 saturated heterocycles. The Morgan fingerprint density at radius 1 is 1.20 bits per heavy atom. The van der Waals surface area contributed by atoms with Gasteiger partial charge in [0.05, 0.1) is 23.7 Å². The van der Waals surface area contributed by atoms with Gasteiger partial charge in [-0.15, -0.1) is 11.8 Å². The van der Waals surface area contributed by atoms with Gasteiger partial charge in [-0.05, 0) is 48.7 Å². The van der Waals surface area contributed by atoms with E-state index in [1.807, 2.05) is 6.26 Å². The number of benzene rings is 2. The maximum atomic E-state index is 12.9. The highest BCUT2D eigenvalue weighted by molar-refractivity contribution is 7.98. The number of ether oxygens (including phenoxy) is 2. The van der Waals surface area contributed by atoms with Gasteiger partial charge in [-0.1, -0.05) is 11.6 Å². The molecular formula is C20H23ClN2O5S2. The molecule has 0 unspecified atom stereocenters. The number of sulfonamides is 1. The van der Waals surface area contributed by atoms with Gasteiger partial charge in [-0.3, -0.25) is 4.79 Å². The smallest absolute Gasteiger partial charge is 0.255 e. The molecule has 1 aliphatic rings. The molecule has 2 aromatic rings. The number of carbonyl (C=O) groups is 1. The molecule has 0 bridgehead atoms. The first-order valence-electron chi connectivity index (χ1n) is 9.34. The minimum absolute atomic E-state index is 0.0448. The number of nitrogens with one attached hydrogen (secondary N) is 1. The van der Waals surface area contributed by atoms with Crippen molar-refractivity contribution in [3.05, 3.63) is 53.1 Å². The summed E-state index contributed by atoms with van der Waals surface area (Å²) in [6, 6.07) is 11.4. The van der Waals surface area contributed by atoms with E-state index in [1.54, 1.807) is 35.2 Å². The molecule has 0 aliphatic carbocycles. The Kier molecular flexibility index (Phi) is 8.01. The molecule has 1 fully saturated rings. The average Bonchev–Trinajstić information content (AvgIpc) is 2.77. The maximum Gasteiger partial charge on any atom is 0.255 e. The van der Waals surface area contributed by atoms with E-state index < -0.39 is 10.0 Å². The van der Waals surface area contributed by atoms with Crippen LogP contribution in [0.25, 0.3) is 0 Å². The quantitative estimate of drug-likeness (QED) is 0.471. The summed E-state index contributed by atoms with van der Waals surface area (Å²) in [5, 5.41) is 0.596. The van der Waals surface area contributed by atoms with Gasteiger partial charge in [-0.2, -0.15) is 0 Å². The molecule has 0 spiro atoms. The molecule has 1 amide bonds. The average molecular weight is 471 g/mol. The zero-order chi connectivity index (χ0) is 21.6. The number of amides is 1. The lowest BCUT2D eigenvalue weighted by Crippen LogP contribution is -2.41. The second kappa shape index (κ2) is 10.5. The van der Waals surface area contributed by atoms with E-state index in [1.165, 1.54) is 23.9 Å². The third-order valence-corrected chi connectivity index (χ3v) is 6.99. The summed E-state index contributed by atoms with van der Waals surface area (Å²) in [4.78, 5) is 15.4. The molecule has 30 heavy (non-hydrogen) atoms. The second-order valence-electron chi connectivity index (χ2n) is 6.47. The molecule has 7 nitrogen and oxygen atoms in total. The summed E-state index contributed by atoms with van der Waals surface area (Å²) in [5.74, 6) is 0.409. The Hall–Kier alpha value is -1.78. The van der Waals surface area contributed by atoms with Crippen LogP contribution in [0.5, 0.6) is 5.75 Å². The van der Waals surface area contributed by atoms with Crippen molar-refractivity contribution in [2.75, 3.05) is 45.7 Å². The van der Waals surface area contributed by atoms with Gasteiger partial charge < -0.3 is 14.4 Å². The molecule has 1 heterocycles. The first-order chi connectivity index (χ1) is 14.4. The van der Waals surface area contributed by atoms with E-state index in [0.717, 1.165) is 4.90 Å². The van der Waals surface area contributed by atoms with Crippen LogP contribution in [-0.4, -0.2) is 64.9 Å². The predicted octanol–water partition coefficient (Wildman–Crippen LogP) is 2.89. The van der Waals surface area contributed by atoms with E-state index >= 15 is 0 Å². The third kappa shape index (κ3) is 5.89. The Bertz CT molecular complexity index is 977. The van der Waals surface area contributed by atoms with E-state index in [0.29, 0.717) is 42.6 Å². The molecule has 2 aromatic carbocycles. The van der Waals surface area contributed by atoms with Crippen molar-refractivity contribution in [1.29, 1.82) is 0 Å². The number of morpholine rings is 1. The van der Waals surface area contributed by atoms with Crippen LogP contribution >= 0.6 is 23.4 Å². The van der Waals surface area contributed by atoms with Crippen LogP contribution in [0.15, 0.2) is 52.3 Å². The number of carbonyl (C=O) groups excluding carboxylic acids is 1. The van der Waals surface area contributed by atoms with Crippen LogP contribution in [0.3, 0.4) is 0 Å². The van der Waals surface area contributed by atoms with Gasteiger partial charge in [0.25, 0.3) is 5.91 Å². The fourth-order valence-corrected chi connectivity index (χ4v) is 4.65. The summed E-state index contributed by atoms with van der Waals surface area (Å²) >= 11 is 7.23. The second-order valence-corrected chi connectivity index (χ2v) is 9.52. The zero-order valence-electron chi connectivity index (χ0n) is 16.5. The predicted molar refractivity (Wildman–Crippen MR) is 117 cm³/mol. The van der Waals surface area contributed by atoms with E-state index in [9.17, 15) is 13.2 Å². The van der Waals surface area contributed by atoms with Gasteiger partial charge in [0.2, 0.25) is 10.0 Å². The minimum Gasteiger partial charge on any atom is -0.492 e. The molecule has 0 saturated carbocycles. The molecule has 0 radical (unpaired) electrons. The van der Waals surface area contributed by atoms with Crippen molar-refractivity contribution in [2.24, 2.45) is 0 Å². The maximum absolute atomic E-state index is 12.9. The van der Waals surface area contributed by atoms with Crippen molar-refractivity contribution in [1.82, 2.24) is 9.62 Å². The third-order valence-electron chi connectivity index (χ3n) is 4.49. The van der Waals surface area contributed by atoms with Crippen molar-refractivity contribution in [3.8, 4) is 5.75 Å². The summed E-state index contributed by atoms with van der Waals surface area (Å²) in [6.07, 6.45) is 1.85. The number of hydrogen-bond donors (Lipinski definition) is 1. The molecule has 0 atom stereocenters. The van der Waals surface area contributed by atoms with Crippen LogP contribution in [0.1, 0.15) is 10.4 Å². The van der Waals surface area contributed by atoms with Gasteiger partial charge in [-0.25, -0.2) is 13.1 Å². The molecule has 1 aliphatic heterocycles. The molecule has 0 aromatic heterocycles. The Morgan fingerprint density at radius 3 is 2.57 bits per heavy atom. The number of halogens is 1. The van der Waals surface area contributed by atoms with E-state index in [2.05, 4.69) is 4.72 Å². The number of nitrogens with zero attached hydrogens (tertiary/aromatic N) is 1. The van der Waals surface area contributed by atoms with Crippen LogP contribution in [0.2, 0.25) is 5.02 Å². The van der Waals surface area contributed by atoms with Crippen LogP contribution in [-0.2, 0) is 14.8 Å². The van der Waals surface area contributed by atoms with Crippen molar-refractivity contribution < 1.29 is 22.7 Å². The highest BCUT2D eigenvalue weighted by Gasteiger charge is 2.24. The fourth-order valence-electron chi connectivity index (χ4n) is 2.92. The zero-order valence-corrected chi connectivity index (χ0v) is 18.9. The van der Waals surface area contributed by atoms with Crippen molar-refractivity contribution >= 4 is 39.3 Å². The summed E-state index contributed by atoms with van der Waals surface area (Å²) < 4.78 is 38.7. The fraction of sp³-hybridized carbons (Fsp3) is 0.350. The Labute approximate surface area is 185 Å². The van der Waals surface area contributed by atoms with Gasteiger partial charge in [0.1, 0.15) is 12.4 Å². The van der Waals surface area contributed by atoms with Crippen LogP contribution in [0.4, 0.5) is 0 Å². The van der Waals surface area contributed by atoms with Gasteiger partial charge in [0.15, 0.2) is 0 Å². The summed E-state index contributed by atoms with van der Waals surface area (Å²) in [5.41, 5.74) is 0.379. The SMILES string of the molecule is CSc1ccc(S(=O)(=O)NCCOc2ccc(Cl)cc2)cc1C(=O)N1CCOCC1. The first-order valence-corrected chi connectivity index (χ1v) is 12.4. The molecule has 162 valence electrons. The summed E-state index contributed by atoms with van der Waals surface area (Å²) in [7, 11) is -3.79. The van der Waals surface area contributed by atoms with Crippen LogP contribution in [0, 0.1) is 0 Å². The monoisotopic (exact) mass is 470 g/mol. The normalized spacial score (nSPS) is 14.5. The number of rotatable bonds is 8. The van der Waals surface area contributed by atoms with Crippen molar-refractivity contribution in [2.45, 2.75) is 9.79 Å². The van der Waals surface area contributed by atoms with Gasteiger partial charge in [0, 0.05) is 29.6 Å². The first kappa shape index (κ1) is 22.9. The molecular weight excluding hydrogens is 448 g/mol. The largest absolute Gasteiger partial charge is 0.492 e. The number of hydrogen-bond acceptors (Lipinski definition) is 6. The lowest BCUT2D eigenvalue weighted by atomic mass is 10.2.